The van der Waals surface area contributed by atoms with E-state index in [0.29, 0.717) is 26.2 Å². The molecule has 1 spiro atoms. The van der Waals surface area contributed by atoms with Gasteiger partial charge >= 0.3 is 5.97 Å². The zero-order valence-corrected chi connectivity index (χ0v) is 8.49. The van der Waals surface area contributed by atoms with E-state index in [4.69, 9.17) is 14.2 Å². The standard InChI is InChI=1S/C9H15NO4/c1-10-6-9(13-3-4-14-9)5-7(10)8(11)12-2/h7H,3-6H2,1-2H3/t7-/m0/s1. The zero-order valence-electron chi connectivity index (χ0n) is 8.49. The van der Waals surface area contributed by atoms with Crippen molar-refractivity contribution in [2.75, 3.05) is 33.9 Å². The predicted molar refractivity (Wildman–Crippen MR) is 47.7 cm³/mol. The molecule has 2 aliphatic heterocycles. The van der Waals surface area contributed by atoms with E-state index in [1.165, 1.54) is 7.11 Å². The van der Waals surface area contributed by atoms with Gasteiger partial charge in [0.25, 0.3) is 0 Å². The van der Waals surface area contributed by atoms with Gasteiger partial charge in [-0.05, 0) is 7.05 Å². The van der Waals surface area contributed by atoms with Crippen molar-refractivity contribution in [2.45, 2.75) is 18.2 Å². The Kier molecular flexibility index (Phi) is 2.47. The molecule has 80 valence electrons. The molecule has 0 saturated carbocycles. The average Bonchev–Trinajstić information content (AvgIpc) is 2.74. The normalized spacial score (nSPS) is 31.1. The van der Waals surface area contributed by atoms with Crippen molar-refractivity contribution in [1.29, 1.82) is 0 Å². The minimum Gasteiger partial charge on any atom is -0.468 e. The molecule has 0 unspecified atom stereocenters. The molecule has 14 heavy (non-hydrogen) atoms. The summed E-state index contributed by atoms with van der Waals surface area (Å²) in [5.41, 5.74) is 0. The van der Waals surface area contributed by atoms with Crippen LogP contribution in [-0.4, -0.2) is 56.6 Å². The Balaban J connectivity index is 2.06. The fourth-order valence-electron chi connectivity index (χ4n) is 2.11. The number of carbonyl (C=O) groups is 1. The van der Waals surface area contributed by atoms with Gasteiger partial charge in [0.1, 0.15) is 6.04 Å². The number of methoxy groups -OCH3 is 1. The smallest absolute Gasteiger partial charge is 0.323 e. The summed E-state index contributed by atoms with van der Waals surface area (Å²) in [5, 5.41) is 0. The van der Waals surface area contributed by atoms with Crippen molar-refractivity contribution in [3.05, 3.63) is 0 Å². The Morgan fingerprint density at radius 1 is 1.50 bits per heavy atom. The van der Waals surface area contributed by atoms with Gasteiger partial charge in [-0.2, -0.15) is 0 Å². The molecule has 2 aliphatic rings. The maximum atomic E-state index is 11.4. The van der Waals surface area contributed by atoms with Crippen LogP contribution in [0.15, 0.2) is 0 Å². The first-order chi connectivity index (χ1) is 6.67. The molecule has 1 atom stereocenters. The maximum absolute atomic E-state index is 11.4. The van der Waals surface area contributed by atoms with Gasteiger partial charge < -0.3 is 14.2 Å². The van der Waals surface area contributed by atoms with Crippen LogP contribution in [0, 0.1) is 0 Å². The van der Waals surface area contributed by atoms with Gasteiger partial charge in [0.05, 0.1) is 26.9 Å². The van der Waals surface area contributed by atoms with E-state index in [9.17, 15) is 4.79 Å². The first-order valence-corrected chi connectivity index (χ1v) is 4.73. The Morgan fingerprint density at radius 2 is 2.14 bits per heavy atom. The molecule has 5 nitrogen and oxygen atoms in total. The molecule has 0 N–H and O–H groups in total. The third kappa shape index (κ3) is 1.51. The number of esters is 1. The number of likely N-dealkylation sites (N-methyl/N-ethyl adjacent to an activating group) is 1. The number of rotatable bonds is 1. The molecule has 2 fully saturated rings. The van der Waals surface area contributed by atoms with Crippen molar-refractivity contribution in [3.8, 4) is 0 Å². The van der Waals surface area contributed by atoms with E-state index < -0.39 is 5.79 Å². The SMILES string of the molecule is COC(=O)[C@@H]1CC2(CN1C)OCCO2. The average molecular weight is 201 g/mol. The summed E-state index contributed by atoms with van der Waals surface area (Å²) in [6, 6.07) is -0.238. The van der Waals surface area contributed by atoms with Gasteiger partial charge in [0.2, 0.25) is 0 Å². The largest absolute Gasteiger partial charge is 0.468 e. The number of hydrogen-bond donors (Lipinski definition) is 0. The van der Waals surface area contributed by atoms with Crippen LogP contribution in [0.5, 0.6) is 0 Å². The highest BCUT2D eigenvalue weighted by atomic mass is 16.7. The van der Waals surface area contributed by atoms with Gasteiger partial charge in [-0.1, -0.05) is 0 Å². The van der Waals surface area contributed by atoms with Crippen LogP contribution in [0.4, 0.5) is 0 Å². The fraction of sp³-hybridized carbons (Fsp3) is 0.889. The van der Waals surface area contributed by atoms with E-state index >= 15 is 0 Å². The Bertz CT molecular complexity index is 237. The number of ether oxygens (including phenoxy) is 3. The molecule has 0 bridgehead atoms. The molecule has 2 rings (SSSR count). The Labute approximate surface area is 82.9 Å². The summed E-state index contributed by atoms with van der Waals surface area (Å²) < 4.78 is 15.8. The van der Waals surface area contributed by atoms with Gasteiger partial charge in [0, 0.05) is 6.42 Å². The lowest BCUT2D eigenvalue weighted by Gasteiger charge is -2.20. The van der Waals surface area contributed by atoms with Crippen LogP contribution in [0.25, 0.3) is 0 Å². The van der Waals surface area contributed by atoms with Crippen molar-refractivity contribution in [3.63, 3.8) is 0 Å². The third-order valence-corrected chi connectivity index (χ3v) is 2.81. The predicted octanol–water partition coefficient (Wildman–Crippen LogP) is -0.393. The number of nitrogens with zero attached hydrogens (tertiary/aromatic N) is 1. The van der Waals surface area contributed by atoms with E-state index in [2.05, 4.69) is 0 Å². The molecule has 0 aromatic carbocycles. The third-order valence-electron chi connectivity index (χ3n) is 2.81. The molecule has 0 aromatic heterocycles. The summed E-state index contributed by atoms with van der Waals surface area (Å²) in [7, 11) is 3.28. The van der Waals surface area contributed by atoms with Crippen LogP contribution in [-0.2, 0) is 19.0 Å². The quantitative estimate of drug-likeness (QED) is 0.541. The minimum absolute atomic E-state index is 0.219. The van der Waals surface area contributed by atoms with E-state index in [1.807, 2.05) is 11.9 Å². The summed E-state index contributed by atoms with van der Waals surface area (Å²) >= 11 is 0. The molecular formula is C9H15NO4. The first kappa shape index (κ1) is 9.89. The van der Waals surface area contributed by atoms with E-state index in [1.54, 1.807) is 0 Å². The first-order valence-electron chi connectivity index (χ1n) is 4.73. The second-order valence-electron chi connectivity index (χ2n) is 3.77. The topological polar surface area (TPSA) is 48.0 Å². The highest BCUT2D eigenvalue weighted by Gasteiger charge is 2.49. The summed E-state index contributed by atoms with van der Waals surface area (Å²) in [6.45, 7) is 1.86. The van der Waals surface area contributed by atoms with E-state index in [-0.39, 0.29) is 12.0 Å². The lowest BCUT2D eigenvalue weighted by atomic mass is 10.1. The molecule has 0 amide bonds. The van der Waals surface area contributed by atoms with Crippen molar-refractivity contribution in [2.24, 2.45) is 0 Å². The maximum Gasteiger partial charge on any atom is 0.323 e. The number of likely N-dealkylation sites (tertiary alicyclic amines) is 1. The molecule has 2 heterocycles. The Hall–Kier alpha value is -0.650. The number of hydrogen-bond acceptors (Lipinski definition) is 5. The van der Waals surface area contributed by atoms with Crippen LogP contribution < -0.4 is 0 Å². The second-order valence-corrected chi connectivity index (χ2v) is 3.77. The van der Waals surface area contributed by atoms with Gasteiger partial charge in [-0.25, -0.2) is 0 Å². The van der Waals surface area contributed by atoms with Gasteiger partial charge in [-0.3, -0.25) is 9.69 Å². The fourth-order valence-corrected chi connectivity index (χ4v) is 2.11. The molecule has 0 aromatic rings. The van der Waals surface area contributed by atoms with Crippen molar-refractivity contribution < 1.29 is 19.0 Å². The van der Waals surface area contributed by atoms with Crippen LogP contribution in [0.1, 0.15) is 6.42 Å². The highest BCUT2D eigenvalue weighted by molar-refractivity contribution is 5.76. The van der Waals surface area contributed by atoms with Gasteiger partial charge in [0.15, 0.2) is 5.79 Å². The van der Waals surface area contributed by atoms with Crippen LogP contribution in [0.3, 0.4) is 0 Å². The Morgan fingerprint density at radius 3 is 2.71 bits per heavy atom. The molecule has 2 saturated heterocycles. The molecular weight excluding hydrogens is 186 g/mol. The lowest BCUT2D eigenvalue weighted by molar-refractivity contribution is -0.152. The summed E-state index contributed by atoms with van der Waals surface area (Å²) in [6.07, 6.45) is 0.566. The molecule has 0 radical (unpaired) electrons. The zero-order chi connectivity index (χ0) is 10.2. The van der Waals surface area contributed by atoms with E-state index in [0.717, 1.165) is 0 Å². The minimum atomic E-state index is -0.562. The second kappa shape index (κ2) is 3.49. The summed E-state index contributed by atoms with van der Waals surface area (Å²) in [5.74, 6) is -0.781. The van der Waals surface area contributed by atoms with Crippen molar-refractivity contribution >= 4 is 5.97 Å². The monoisotopic (exact) mass is 201 g/mol. The highest BCUT2D eigenvalue weighted by Crippen LogP contribution is 2.33. The van der Waals surface area contributed by atoms with Crippen LogP contribution in [0.2, 0.25) is 0 Å². The molecule has 5 heteroatoms. The van der Waals surface area contributed by atoms with Crippen LogP contribution >= 0.6 is 0 Å². The molecule has 0 aliphatic carbocycles. The summed E-state index contributed by atoms with van der Waals surface area (Å²) in [4.78, 5) is 13.3. The number of carbonyl (C=O) groups excluding carboxylic acids is 1. The van der Waals surface area contributed by atoms with Gasteiger partial charge in [-0.15, -0.1) is 0 Å². The van der Waals surface area contributed by atoms with Crippen molar-refractivity contribution in [1.82, 2.24) is 4.90 Å². The lowest BCUT2D eigenvalue weighted by Crippen LogP contribution is -2.34.